The Balaban J connectivity index is 1.62. The van der Waals surface area contributed by atoms with Gasteiger partial charge in [-0.2, -0.15) is 0 Å². The minimum atomic E-state index is -2.94. The summed E-state index contributed by atoms with van der Waals surface area (Å²) in [5.41, 5.74) is 1.65. The summed E-state index contributed by atoms with van der Waals surface area (Å²) >= 11 is 6.16. The van der Waals surface area contributed by atoms with E-state index in [0.29, 0.717) is 42.3 Å². The van der Waals surface area contributed by atoms with E-state index in [1.807, 2.05) is 36.4 Å². The van der Waals surface area contributed by atoms with Crippen LogP contribution >= 0.6 is 11.6 Å². The molecular formula is C21H22ClN3O4S. The number of ether oxygens (including phenoxy) is 2. The summed E-state index contributed by atoms with van der Waals surface area (Å²) in [6, 6.07) is 13.4. The maximum atomic E-state index is 11.7. The molecule has 2 aromatic carbocycles. The number of sulfone groups is 1. The lowest BCUT2D eigenvalue weighted by atomic mass is 10.1. The molecule has 0 atom stereocenters. The normalized spacial score (nSPS) is 16.3. The van der Waals surface area contributed by atoms with Gasteiger partial charge in [0.05, 0.1) is 24.1 Å². The molecule has 3 aromatic rings. The first-order chi connectivity index (χ1) is 14.4. The number of nitrogens with zero attached hydrogens (tertiary/aromatic N) is 2. The van der Waals surface area contributed by atoms with Crippen molar-refractivity contribution in [3.8, 4) is 11.5 Å². The molecule has 1 aliphatic heterocycles. The average Bonchev–Trinajstić information content (AvgIpc) is 2.74. The number of aromatic nitrogens is 2. The van der Waals surface area contributed by atoms with Crippen LogP contribution in [0.5, 0.6) is 11.5 Å². The molecule has 2 heterocycles. The lowest BCUT2D eigenvalue weighted by Crippen LogP contribution is -2.32. The van der Waals surface area contributed by atoms with Crippen LogP contribution in [0.3, 0.4) is 0 Å². The molecule has 0 bridgehead atoms. The summed E-state index contributed by atoms with van der Waals surface area (Å²) in [6.07, 6.45) is 1.06. The maximum Gasteiger partial charge on any atom is 0.224 e. The highest BCUT2D eigenvalue weighted by atomic mass is 35.5. The van der Waals surface area contributed by atoms with Crippen molar-refractivity contribution >= 4 is 38.2 Å². The van der Waals surface area contributed by atoms with E-state index in [0.717, 1.165) is 10.9 Å². The van der Waals surface area contributed by atoms with Crippen LogP contribution in [0.1, 0.15) is 18.4 Å². The molecule has 0 unspecified atom stereocenters. The van der Waals surface area contributed by atoms with Crippen LogP contribution in [0, 0.1) is 0 Å². The second-order valence-electron chi connectivity index (χ2n) is 7.21. The van der Waals surface area contributed by atoms with E-state index in [4.69, 9.17) is 21.1 Å². The van der Waals surface area contributed by atoms with Crippen LogP contribution in [0.2, 0.25) is 5.28 Å². The predicted molar refractivity (Wildman–Crippen MR) is 117 cm³/mol. The van der Waals surface area contributed by atoms with E-state index in [1.165, 1.54) is 0 Å². The number of benzene rings is 2. The molecule has 0 radical (unpaired) electrons. The largest absolute Gasteiger partial charge is 0.493 e. The molecule has 7 nitrogen and oxygen atoms in total. The molecule has 1 aromatic heterocycles. The maximum absolute atomic E-state index is 11.7. The number of fused-ring (bicyclic) bond motifs is 1. The number of halogens is 1. The Bertz CT molecular complexity index is 1140. The number of hydrogen-bond donors (Lipinski definition) is 1. The van der Waals surface area contributed by atoms with Gasteiger partial charge in [-0.1, -0.05) is 30.3 Å². The van der Waals surface area contributed by atoms with Crippen molar-refractivity contribution in [3.05, 3.63) is 53.3 Å². The lowest BCUT2D eigenvalue weighted by Gasteiger charge is -2.24. The number of nitrogens with one attached hydrogen (secondary N) is 1. The first-order valence-corrected chi connectivity index (χ1v) is 11.8. The molecule has 30 heavy (non-hydrogen) atoms. The van der Waals surface area contributed by atoms with Crippen molar-refractivity contribution in [2.75, 3.05) is 23.9 Å². The summed E-state index contributed by atoms with van der Waals surface area (Å²) in [4.78, 5) is 8.65. The van der Waals surface area contributed by atoms with Crippen molar-refractivity contribution in [2.24, 2.45) is 0 Å². The van der Waals surface area contributed by atoms with Crippen LogP contribution in [-0.2, 0) is 16.4 Å². The summed E-state index contributed by atoms with van der Waals surface area (Å²) in [6.45, 7) is 0.392. The predicted octanol–water partition coefficient (Wildman–Crippen LogP) is 3.86. The fraction of sp³-hybridized carbons (Fsp3) is 0.333. The second-order valence-corrected chi connectivity index (χ2v) is 9.85. The molecule has 9 heteroatoms. The van der Waals surface area contributed by atoms with Gasteiger partial charge in [0.1, 0.15) is 22.3 Å². The first kappa shape index (κ1) is 20.7. The van der Waals surface area contributed by atoms with Crippen LogP contribution in [0.25, 0.3) is 10.9 Å². The SMILES string of the molecule is COc1cc2c(NC3CCS(=O)(=O)CC3)nc(Cl)nc2cc1OCc1ccccc1. The van der Waals surface area contributed by atoms with Gasteiger partial charge in [-0.15, -0.1) is 0 Å². The Morgan fingerprint density at radius 1 is 1.10 bits per heavy atom. The molecule has 158 valence electrons. The van der Waals surface area contributed by atoms with Gasteiger partial charge in [0.2, 0.25) is 5.28 Å². The summed E-state index contributed by atoms with van der Waals surface area (Å²) in [7, 11) is -1.36. The Kier molecular flexibility index (Phi) is 5.97. The van der Waals surface area contributed by atoms with Gasteiger partial charge in [-0.05, 0) is 36.1 Å². The summed E-state index contributed by atoms with van der Waals surface area (Å²) in [5.74, 6) is 2.00. The van der Waals surface area contributed by atoms with Crippen LogP contribution in [-0.4, -0.2) is 43.0 Å². The van der Waals surface area contributed by atoms with Crippen molar-refractivity contribution in [1.82, 2.24) is 9.97 Å². The highest BCUT2D eigenvalue weighted by molar-refractivity contribution is 7.91. The highest BCUT2D eigenvalue weighted by Gasteiger charge is 2.24. The molecule has 0 amide bonds. The van der Waals surface area contributed by atoms with Crippen molar-refractivity contribution in [1.29, 1.82) is 0 Å². The minimum Gasteiger partial charge on any atom is -0.493 e. The quantitative estimate of drug-likeness (QED) is 0.573. The van der Waals surface area contributed by atoms with Crippen LogP contribution in [0.15, 0.2) is 42.5 Å². The van der Waals surface area contributed by atoms with Gasteiger partial charge in [0.25, 0.3) is 0 Å². The van der Waals surface area contributed by atoms with Gasteiger partial charge >= 0.3 is 0 Å². The van der Waals surface area contributed by atoms with Gasteiger partial charge in [-0.25, -0.2) is 18.4 Å². The van der Waals surface area contributed by atoms with Crippen LogP contribution < -0.4 is 14.8 Å². The number of anilines is 1. The molecule has 1 N–H and O–H groups in total. The standard InChI is InChI=1S/C21H22ClN3O4S/c1-28-18-11-16-17(12-19(18)29-13-14-5-3-2-4-6-14)24-21(22)25-20(16)23-15-7-9-30(26,27)10-8-15/h2-6,11-12,15H,7-10,13H2,1H3,(H,23,24,25). The Morgan fingerprint density at radius 3 is 2.53 bits per heavy atom. The van der Waals surface area contributed by atoms with E-state index < -0.39 is 9.84 Å². The summed E-state index contributed by atoms with van der Waals surface area (Å²) in [5, 5.41) is 4.17. The number of methoxy groups -OCH3 is 1. The van der Waals surface area contributed by atoms with Gasteiger partial charge < -0.3 is 14.8 Å². The highest BCUT2D eigenvalue weighted by Crippen LogP contribution is 2.36. The van der Waals surface area contributed by atoms with E-state index in [2.05, 4.69) is 15.3 Å². The topological polar surface area (TPSA) is 90.4 Å². The van der Waals surface area contributed by atoms with Crippen molar-refractivity contribution < 1.29 is 17.9 Å². The lowest BCUT2D eigenvalue weighted by molar-refractivity contribution is 0.285. The third kappa shape index (κ3) is 4.76. The molecule has 1 aliphatic rings. The monoisotopic (exact) mass is 447 g/mol. The minimum absolute atomic E-state index is 0.00249. The summed E-state index contributed by atoms with van der Waals surface area (Å²) < 4.78 is 34.9. The van der Waals surface area contributed by atoms with Gasteiger partial charge in [-0.3, -0.25) is 0 Å². The zero-order chi connectivity index (χ0) is 21.1. The third-order valence-electron chi connectivity index (χ3n) is 5.09. The molecule has 0 spiro atoms. The molecule has 1 fully saturated rings. The fourth-order valence-electron chi connectivity index (χ4n) is 3.45. The second kappa shape index (κ2) is 8.65. The zero-order valence-corrected chi connectivity index (χ0v) is 18.0. The third-order valence-corrected chi connectivity index (χ3v) is 6.97. The molecule has 1 saturated heterocycles. The van der Waals surface area contributed by atoms with Crippen molar-refractivity contribution in [3.63, 3.8) is 0 Å². The molecule has 0 saturated carbocycles. The van der Waals surface area contributed by atoms with E-state index in [9.17, 15) is 8.42 Å². The molecule has 4 rings (SSSR count). The molecule has 0 aliphatic carbocycles. The Labute approximate surface area is 180 Å². The van der Waals surface area contributed by atoms with Gasteiger partial charge in [0, 0.05) is 17.5 Å². The van der Waals surface area contributed by atoms with E-state index in [1.54, 1.807) is 13.2 Å². The Hall–Kier alpha value is -2.58. The zero-order valence-electron chi connectivity index (χ0n) is 16.5. The fourth-order valence-corrected chi connectivity index (χ4v) is 5.12. The molecular weight excluding hydrogens is 426 g/mol. The number of hydrogen-bond acceptors (Lipinski definition) is 7. The number of rotatable bonds is 6. The Morgan fingerprint density at radius 2 is 1.83 bits per heavy atom. The van der Waals surface area contributed by atoms with E-state index in [-0.39, 0.29) is 22.8 Å². The van der Waals surface area contributed by atoms with Crippen molar-refractivity contribution in [2.45, 2.75) is 25.5 Å². The van der Waals surface area contributed by atoms with E-state index >= 15 is 0 Å². The smallest absolute Gasteiger partial charge is 0.224 e. The first-order valence-electron chi connectivity index (χ1n) is 9.62. The van der Waals surface area contributed by atoms with Crippen LogP contribution in [0.4, 0.5) is 5.82 Å². The average molecular weight is 448 g/mol. The van der Waals surface area contributed by atoms with Gasteiger partial charge in [0.15, 0.2) is 11.5 Å².